The second kappa shape index (κ2) is 6.40. The van der Waals surface area contributed by atoms with Gasteiger partial charge in [-0.05, 0) is 31.4 Å². The lowest BCUT2D eigenvalue weighted by molar-refractivity contribution is -0.129. The lowest BCUT2D eigenvalue weighted by Gasteiger charge is -2.19. The number of fused-ring (bicyclic) bond motifs is 1. The molecular weight excluding hydrogens is 334 g/mol. The number of rotatable bonds is 5. The van der Waals surface area contributed by atoms with Gasteiger partial charge in [-0.2, -0.15) is 0 Å². The van der Waals surface area contributed by atoms with E-state index in [1.807, 2.05) is 19.1 Å². The van der Waals surface area contributed by atoms with E-state index in [1.165, 1.54) is 11.2 Å². The highest BCUT2D eigenvalue weighted by Gasteiger charge is 2.37. The van der Waals surface area contributed by atoms with Crippen LogP contribution in [0.15, 0.2) is 34.9 Å². The fourth-order valence-corrected chi connectivity index (χ4v) is 3.18. The maximum atomic E-state index is 12.6. The lowest BCUT2D eigenvalue weighted by Crippen LogP contribution is -2.33. The smallest absolute Gasteiger partial charge is 0.273 e. The number of carbonyl (C=O) groups excluding carboxylic acids is 3. The molecule has 1 aromatic carbocycles. The average Bonchev–Trinajstić information content (AvgIpc) is 3.25. The first kappa shape index (κ1) is 16.5. The summed E-state index contributed by atoms with van der Waals surface area (Å²) in [5, 5.41) is 2.83. The Morgan fingerprint density at radius 1 is 1.31 bits per heavy atom. The molecule has 2 aliphatic rings. The number of oxazole rings is 1. The maximum Gasteiger partial charge on any atom is 0.273 e. The number of nitrogens with one attached hydrogen (secondary N) is 1. The Bertz CT molecular complexity index is 884. The van der Waals surface area contributed by atoms with Gasteiger partial charge < -0.3 is 9.73 Å². The number of aryl methyl sites for hydroxylation is 1. The van der Waals surface area contributed by atoms with Crippen molar-refractivity contribution in [3.05, 3.63) is 53.2 Å². The molecule has 1 aliphatic heterocycles. The van der Waals surface area contributed by atoms with Gasteiger partial charge in [-0.1, -0.05) is 18.2 Å². The highest BCUT2D eigenvalue weighted by atomic mass is 16.3. The normalized spacial score (nSPS) is 18.7. The van der Waals surface area contributed by atoms with Crippen molar-refractivity contribution in [2.45, 2.75) is 44.7 Å². The zero-order valence-corrected chi connectivity index (χ0v) is 14.4. The second-order valence-corrected chi connectivity index (χ2v) is 6.71. The van der Waals surface area contributed by atoms with Crippen molar-refractivity contribution in [2.75, 3.05) is 0 Å². The SMILES string of the molecule is CC1c2ccccc2C(=O)N1C(=O)CCc1nc(C(=O)NC2CC2)co1. The molecule has 134 valence electrons. The van der Waals surface area contributed by atoms with E-state index in [4.69, 9.17) is 4.42 Å². The molecule has 1 aliphatic carbocycles. The molecule has 0 saturated heterocycles. The Morgan fingerprint density at radius 3 is 2.81 bits per heavy atom. The third kappa shape index (κ3) is 3.00. The van der Waals surface area contributed by atoms with Gasteiger partial charge >= 0.3 is 0 Å². The van der Waals surface area contributed by atoms with E-state index in [0.29, 0.717) is 11.5 Å². The fraction of sp³-hybridized carbons (Fsp3) is 0.368. The number of aromatic nitrogens is 1. The number of nitrogens with zero attached hydrogens (tertiary/aromatic N) is 2. The summed E-state index contributed by atoms with van der Waals surface area (Å²) in [6, 6.07) is 7.21. The zero-order valence-electron chi connectivity index (χ0n) is 14.4. The Morgan fingerprint density at radius 2 is 2.08 bits per heavy atom. The van der Waals surface area contributed by atoms with Crippen molar-refractivity contribution in [3.63, 3.8) is 0 Å². The third-order valence-electron chi connectivity index (χ3n) is 4.77. The van der Waals surface area contributed by atoms with Gasteiger partial charge in [0.2, 0.25) is 5.91 Å². The minimum atomic E-state index is -0.282. The van der Waals surface area contributed by atoms with E-state index in [9.17, 15) is 14.4 Å². The Hall–Kier alpha value is -2.96. The number of benzene rings is 1. The highest BCUT2D eigenvalue weighted by molar-refractivity contribution is 6.08. The molecule has 7 nitrogen and oxygen atoms in total. The molecule has 2 heterocycles. The van der Waals surface area contributed by atoms with Crippen LogP contribution in [0.25, 0.3) is 0 Å². The Balaban J connectivity index is 1.38. The number of imide groups is 1. The van der Waals surface area contributed by atoms with Gasteiger partial charge in [0, 0.05) is 24.4 Å². The highest BCUT2D eigenvalue weighted by Crippen LogP contribution is 2.33. The molecule has 7 heteroatoms. The third-order valence-corrected chi connectivity index (χ3v) is 4.77. The van der Waals surface area contributed by atoms with Crippen LogP contribution < -0.4 is 5.32 Å². The van der Waals surface area contributed by atoms with E-state index in [0.717, 1.165) is 18.4 Å². The number of amides is 3. The van der Waals surface area contributed by atoms with E-state index < -0.39 is 0 Å². The first-order valence-corrected chi connectivity index (χ1v) is 8.75. The number of hydrogen-bond acceptors (Lipinski definition) is 5. The van der Waals surface area contributed by atoms with Crippen molar-refractivity contribution >= 4 is 17.7 Å². The molecular formula is C19H19N3O4. The molecule has 0 bridgehead atoms. The number of hydrogen-bond donors (Lipinski definition) is 1. The van der Waals surface area contributed by atoms with Crippen LogP contribution in [0, 0.1) is 0 Å². The monoisotopic (exact) mass is 353 g/mol. The lowest BCUT2D eigenvalue weighted by atomic mass is 10.1. The molecule has 1 aromatic heterocycles. The van der Waals surface area contributed by atoms with E-state index >= 15 is 0 Å². The largest absolute Gasteiger partial charge is 0.448 e. The van der Waals surface area contributed by atoms with Gasteiger partial charge in [-0.15, -0.1) is 0 Å². The van der Waals surface area contributed by atoms with Crippen LogP contribution in [0.1, 0.15) is 64.5 Å². The van der Waals surface area contributed by atoms with Crippen LogP contribution in [-0.4, -0.2) is 33.6 Å². The summed E-state index contributed by atoms with van der Waals surface area (Å²) in [5.41, 5.74) is 1.65. The first-order chi connectivity index (χ1) is 12.5. The van der Waals surface area contributed by atoms with Crippen molar-refractivity contribution in [2.24, 2.45) is 0 Å². The molecule has 1 atom stereocenters. The van der Waals surface area contributed by atoms with Gasteiger partial charge in [0.25, 0.3) is 11.8 Å². The summed E-state index contributed by atoms with van der Waals surface area (Å²) in [4.78, 5) is 42.4. The predicted octanol–water partition coefficient (Wildman–Crippen LogP) is 2.24. The van der Waals surface area contributed by atoms with E-state index in [-0.39, 0.29) is 48.3 Å². The second-order valence-electron chi connectivity index (χ2n) is 6.71. The van der Waals surface area contributed by atoms with Gasteiger partial charge in [-0.25, -0.2) is 4.98 Å². The van der Waals surface area contributed by atoms with Crippen LogP contribution in [0.5, 0.6) is 0 Å². The van der Waals surface area contributed by atoms with Crippen LogP contribution in [0.2, 0.25) is 0 Å². The van der Waals surface area contributed by atoms with Gasteiger partial charge in [0.15, 0.2) is 11.6 Å². The molecule has 1 saturated carbocycles. The van der Waals surface area contributed by atoms with Crippen molar-refractivity contribution < 1.29 is 18.8 Å². The van der Waals surface area contributed by atoms with Gasteiger partial charge in [0.1, 0.15) is 6.26 Å². The summed E-state index contributed by atoms with van der Waals surface area (Å²) in [7, 11) is 0. The average molecular weight is 353 g/mol. The molecule has 2 aromatic rings. The van der Waals surface area contributed by atoms with Crippen molar-refractivity contribution in [3.8, 4) is 0 Å². The molecule has 1 N–H and O–H groups in total. The predicted molar refractivity (Wildman–Crippen MR) is 91.3 cm³/mol. The maximum absolute atomic E-state index is 12.6. The minimum Gasteiger partial charge on any atom is -0.448 e. The summed E-state index contributed by atoms with van der Waals surface area (Å²) < 4.78 is 5.29. The quantitative estimate of drug-likeness (QED) is 0.890. The van der Waals surface area contributed by atoms with Gasteiger partial charge in [0.05, 0.1) is 6.04 Å². The summed E-state index contributed by atoms with van der Waals surface area (Å²) in [5.74, 6) is -0.486. The molecule has 1 fully saturated rings. The molecule has 4 rings (SSSR count). The van der Waals surface area contributed by atoms with Crippen LogP contribution in [0.3, 0.4) is 0 Å². The Labute approximate surface area is 150 Å². The minimum absolute atomic E-state index is 0.0915. The Kier molecular flexibility index (Phi) is 4.06. The van der Waals surface area contributed by atoms with Crippen LogP contribution in [-0.2, 0) is 11.2 Å². The topological polar surface area (TPSA) is 92.5 Å². The molecule has 1 unspecified atom stereocenters. The first-order valence-electron chi connectivity index (χ1n) is 8.75. The summed E-state index contributed by atoms with van der Waals surface area (Å²) in [6.07, 6.45) is 3.62. The van der Waals surface area contributed by atoms with Crippen molar-refractivity contribution in [1.82, 2.24) is 15.2 Å². The molecule has 3 amide bonds. The molecule has 0 radical (unpaired) electrons. The zero-order chi connectivity index (χ0) is 18.3. The molecule has 0 spiro atoms. The molecule has 26 heavy (non-hydrogen) atoms. The summed E-state index contributed by atoms with van der Waals surface area (Å²) >= 11 is 0. The summed E-state index contributed by atoms with van der Waals surface area (Å²) in [6.45, 7) is 1.84. The van der Waals surface area contributed by atoms with E-state index in [2.05, 4.69) is 10.3 Å². The fourth-order valence-electron chi connectivity index (χ4n) is 3.18. The van der Waals surface area contributed by atoms with Crippen molar-refractivity contribution in [1.29, 1.82) is 0 Å². The van der Waals surface area contributed by atoms with E-state index in [1.54, 1.807) is 12.1 Å². The van der Waals surface area contributed by atoms with Crippen LogP contribution >= 0.6 is 0 Å². The standard InChI is InChI=1S/C19H19N3O4/c1-11-13-4-2-3-5-14(13)19(25)22(11)17(23)9-8-16-21-15(10-26-16)18(24)20-12-6-7-12/h2-5,10-12H,6-9H2,1H3,(H,20,24). The van der Waals surface area contributed by atoms with Crippen LogP contribution in [0.4, 0.5) is 0 Å². The number of carbonyl (C=O) groups is 3. The van der Waals surface area contributed by atoms with Gasteiger partial charge in [-0.3, -0.25) is 19.3 Å².